The molecule has 0 saturated carbocycles. The van der Waals surface area contributed by atoms with Gasteiger partial charge < -0.3 is 9.64 Å². The van der Waals surface area contributed by atoms with E-state index in [0.29, 0.717) is 19.6 Å². The fraction of sp³-hybridized carbons (Fsp3) is 0.750. The molecule has 1 aliphatic rings. The largest absolute Gasteiger partial charge is 0.372 e. The van der Waals surface area contributed by atoms with Gasteiger partial charge in [-0.25, -0.2) is 4.98 Å². The summed E-state index contributed by atoms with van der Waals surface area (Å²) in [6.07, 6.45) is 0.204. The van der Waals surface area contributed by atoms with Gasteiger partial charge in [0.2, 0.25) is 5.91 Å². The first-order valence-corrected chi connectivity index (χ1v) is 8.63. The van der Waals surface area contributed by atoms with Crippen LogP contribution in [-0.4, -0.2) is 47.6 Å². The predicted octanol–water partition coefficient (Wildman–Crippen LogP) is 2.22. The van der Waals surface area contributed by atoms with E-state index in [2.05, 4.69) is 31.1 Å². The highest BCUT2D eigenvalue weighted by molar-refractivity contribution is 7.11. The second kappa shape index (κ2) is 6.64. The summed E-state index contributed by atoms with van der Waals surface area (Å²) >= 11 is 1.69. The van der Waals surface area contributed by atoms with Crippen LogP contribution in [0.25, 0.3) is 0 Å². The lowest BCUT2D eigenvalue weighted by molar-refractivity contribution is -0.142. The van der Waals surface area contributed by atoms with Crippen molar-refractivity contribution in [1.29, 1.82) is 0 Å². The Labute approximate surface area is 137 Å². The van der Waals surface area contributed by atoms with Gasteiger partial charge in [0, 0.05) is 18.0 Å². The number of carbonyl (C=O) groups is 1. The Bertz CT molecular complexity index is 512. The first-order chi connectivity index (χ1) is 10.2. The van der Waals surface area contributed by atoms with E-state index in [-0.39, 0.29) is 23.7 Å². The quantitative estimate of drug-likeness (QED) is 0.922. The Kier molecular flexibility index (Phi) is 5.25. The average Bonchev–Trinajstić information content (AvgIpc) is 2.76. The van der Waals surface area contributed by atoms with Crippen LogP contribution in [0.3, 0.4) is 0 Å². The molecule has 1 amide bonds. The van der Waals surface area contributed by atoms with Crippen LogP contribution in [0.2, 0.25) is 0 Å². The van der Waals surface area contributed by atoms with Gasteiger partial charge in [0.1, 0.15) is 5.01 Å². The number of morpholine rings is 1. The van der Waals surface area contributed by atoms with Crippen molar-refractivity contribution in [2.75, 3.05) is 19.6 Å². The maximum atomic E-state index is 12.4. The molecule has 1 fully saturated rings. The van der Waals surface area contributed by atoms with Gasteiger partial charge in [-0.3, -0.25) is 10.1 Å². The minimum absolute atomic E-state index is 0.102. The number of hydrogen-bond acceptors (Lipinski definition) is 5. The molecule has 0 spiro atoms. The number of aryl methyl sites for hydroxylation is 2. The first kappa shape index (κ1) is 17.4. The molecule has 0 aliphatic carbocycles. The molecule has 22 heavy (non-hydrogen) atoms. The highest BCUT2D eigenvalue weighted by atomic mass is 32.1. The molecule has 5 nitrogen and oxygen atoms in total. The molecular weight excluding hydrogens is 298 g/mol. The molecule has 1 aromatic heterocycles. The van der Waals surface area contributed by atoms with Gasteiger partial charge >= 0.3 is 0 Å². The molecule has 2 heterocycles. The fourth-order valence-corrected chi connectivity index (χ4v) is 3.60. The van der Waals surface area contributed by atoms with Crippen molar-refractivity contribution in [3.8, 4) is 0 Å². The molecule has 0 aromatic carbocycles. The summed E-state index contributed by atoms with van der Waals surface area (Å²) in [6, 6.07) is 0. The van der Waals surface area contributed by atoms with Gasteiger partial charge in [0.25, 0.3) is 0 Å². The Morgan fingerprint density at radius 3 is 2.45 bits per heavy atom. The monoisotopic (exact) mass is 325 g/mol. The Morgan fingerprint density at radius 2 is 1.95 bits per heavy atom. The number of amides is 1. The van der Waals surface area contributed by atoms with Gasteiger partial charge in [0.15, 0.2) is 0 Å². The van der Waals surface area contributed by atoms with Crippen LogP contribution in [-0.2, 0) is 15.1 Å². The molecule has 2 atom stereocenters. The SMILES string of the molecule is Cc1nc(C(C)(C)NCC(=O)N2C[C@H](C)O[C@@H](C)C2)sc1C. The van der Waals surface area contributed by atoms with Gasteiger partial charge in [-0.2, -0.15) is 0 Å². The highest BCUT2D eigenvalue weighted by Crippen LogP contribution is 2.27. The van der Waals surface area contributed by atoms with Gasteiger partial charge in [-0.15, -0.1) is 11.3 Å². The maximum absolute atomic E-state index is 12.4. The predicted molar refractivity (Wildman–Crippen MR) is 89.2 cm³/mol. The van der Waals surface area contributed by atoms with E-state index in [1.54, 1.807) is 11.3 Å². The fourth-order valence-electron chi connectivity index (χ4n) is 2.61. The molecule has 124 valence electrons. The van der Waals surface area contributed by atoms with Crippen LogP contribution >= 0.6 is 11.3 Å². The number of thiazole rings is 1. The number of carbonyl (C=O) groups excluding carboxylic acids is 1. The zero-order valence-electron chi connectivity index (χ0n) is 14.4. The van der Waals surface area contributed by atoms with Crippen molar-refractivity contribution in [2.24, 2.45) is 0 Å². The third-order valence-corrected chi connectivity index (χ3v) is 5.41. The summed E-state index contributed by atoms with van der Waals surface area (Å²) < 4.78 is 5.67. The van der Waals surface area contributed by atoms with Crippen LogP contribution in [0, 0.1) is 13.8 Å². The number of hydrogen-bond donors (Lipinski definition) is 1. The summed E-state index contributed by atoms with van der Waals surface area (Å²) in [5.41, 5.74) is 0.764. The van der Waals surface area contributed by atoms with E-state index in [0.717, 1.165) is 10.7 Å². The Hall–Kier alpha value is -0.980. The van der Waals surface area contributed by atoms with Crippen LogP contribution in [0.5, 0.6) is 0 Å². The van der Waals surface area contributed by atoms with Crippen molar-refractivity contribution in [3.63, 3.8) is 0 Å². The smallest absolute Gasteiger partial charge is 0.236 e. The minimum atomic E-state index is -0.303. The van der Waals surface area contributed by atoms with Gasteiger partial charge in [0.05, 0.1) is 30.0 Å². The van der Waals surface area contributed by atoms with Crippen LogP contribution in [0.15, 0.2) is 0 Å². The molecule has 0 unspecified atom stereocenters. The highest BCUT2D eigenvalue weighted by Gasteiger charge is 2.29. The van der Waals surface area contributed by atoms with E-state index in [1.807, 2.05) is 25.7 Å². The lowest BCUT2D eigenvalue weighted by atomic mass is 10.1. The maximum Gasteiger partial charge on any atom is 0.236 e. The minimum Gasteiger partial charge on any atom is -0.372 e. The van der Waals surface area contributed by atoms with Gasteiger partial charge in [-0.1, -0.05) is 0 Å². The zero-order valence-corrected chi connectivity index (χ0v) is 15.2. The normalized spacial score (nSPS) is 22.9. The second-order valence-corrected chi connectivity index (χ2v) is 7.90. The standard InChI is InChI=1S/C16H27N3O2S/c1-10-8-19(9-11(2)21-10)14(20)7-17-16(5,6)15-18-12(3)13(4)22-15/h10-11,17H,7-9H2,1-6H3/t10-,11-/m0/s1. The third-order valence-electron chi connectivity index (χ3n) is 4.02. The molecular formula is C16H27N3O2S. The molecule has 1 N–H and O–H groups in total. The van der Waals surface area contributed by atoms with Crippen LogP contribution in [0.4, 0.5) is 0 Å². The molecule has 1 aromatic rings. The summed E-state index contributed by atoms with van der Waals surface area (Å²) in [4.78, 5) is 20.2. The summed E-state index contributed by atoms with van der Waals surface area (Å²) in [5, 5.41) is 4.39. The summed E-state index contributed by atoms with van der Waals surface area (Å²) in [6.45, 7) is 13.9. The molecule has 0 radical (unpaired) electrons. The number of ether oxygens (including phenoxy) is 1. The van der Waals surface area contributed by atoms with E-state index in [4.69, 9.17) is 4.74 Å². The number of aromatic nitrogens is 1. The van der Waals surface area contributed by atoms with Crippen LogP contribution < -0.4 is 5.32 Å². The van der Waals surface area contributed by atoms with Gasteiger partial charge in [-0.05, 0) is 41.5 Å². The average molecular weight is 325 g/mol. The lowest BCUT2D eigenvalue weighted by Gasteiger charge is -2.36. The Morgan fingerprint density at radius 1 is 1.36 bits per heavy atom. The lowest BCUT2D eigenvalue weighted by Crippen LogP contribution is -2.52. The van der Waals surface area contributed by atoms with Crippen molar-refractivity contribution in [1.82, 2.24) is 15.2 Å². The Balaban J connectivity index is 1.95. The second-order valence-electron chi connectivity index (χ2n) is 6.70. The summed E-state index contributed by atoms with van der Waals surface area (Å²) in [5.74, 6) is 0.125. The summed E-state index contributed by atoms with van der Waals surface area (Å²) in [7, 11) is 0. The van der Waals surface area contributed by atoms with Crippen molar-refractivity contribution in [2.45, 2.75) is 59.3 Å². The number of nitrogens with one attached hydrogen (secondary N) is 1. The molecule has 1 aliphatic heterocycles. The molecule has 0 bridgehead atoms. The van der Waals surface area contributed by atoms with E-state index < -0.39 is 0 Å². The van der Waals surface area contributed by atoms with Crippen LogP contribution in [0.1, 0.15) is 43.3 Å². The van der Waals surface area contributed by atoms with Crippen molar-refractivity contribution >= 4 is 17.2 Å². The topological polar surface area (TPSA) is 54.5 Å². The molecule has 1 saturated heterocycles. The number of rotatable bonds is 4. The number of nitrogens with zero attached hydrogens (tertiary/aromatic N) is 2. The van der Waals surface area contributed by atoms with E-state index in [9.17, 15) is 4.79 Å². The van der Waals surface area contributed by atoms with Crippen molar-refractivity contribution in [3.05, 3.63) is 15.6 Å². The first-order valence-electron chi connectivity index (χ1n) is 7.82. The molecule has 6 heteroatoms. The van der Waals surface area contributed by atoms with Crippen molar-refractivity contribution < 1.29 is 9.53 Å². The zero-order chi connectivity index (χ0) is 16.5. The van der Waals surface area contributed by atoms with E-state index >= 15 is 0 Å². The third kappa shape index (κ3) is 4.06. The van der Waals surface area contributed by atoms with E-state index in [1.165, 1.54) is 4.88 Å². The molecule has 2 rings (SSSR count).